The van der Waals surface area contributed by atoms with E-state index in [1.807, 2.05) is 0 Å². The molecule has 8 unspecified atom stereocenters. The van der Waals surface area contributed by atoms with Crippen molar-refractivity contribution in [1.82, 2.24) is 0 Å². The maximum absolute atomic E-state index is 14.0. The molecule has 3 saturated carbocycles. The number of fused-ring (bicyclic) bond motifs is 5. The van der Waals surface area contributed by atoms with Crippen molar-refractivity contribution in [2.75, 3.05) is 20.3 Å². The molecule has 40 heavy (non-hydrogen) atoms. The van der Waals surface area contributed by atoms with Crippen molar-refractivity contribution in [3.8, 4) is 0 Å². The summed E-state index contributed by atoms with van der Waals surface area (Å²) in [5.74, 6) is 2.79. The molecule has 0 amide bonds. The van der Waals surface area contributed by atoms with E-state index < -0.39 is 0 Å². The maximum Gasteiger partial charge on any atom is 0.140 e. The Hall–Kier alpha value is -0.750. The molecule has 5 heteroatoms. The first-order valence-corrected chi connectivity index (χ1v) is 16.3. The molecule has 4 aliphatic carbocycles. The molecule has 1 heterocycles. The van der Waals surface area contributed by atoms with E-state index in [1.54, 1.807) is 0 Å². The van der Waals surface area contributed by atoms with E-state index >= 15 is 0 Å². The van der Waals surface area contributed by atoms with Gasteiger partial charge in [-0.25, -0.2) is 0 Å². The van der Waals surface area contributed by atoms with E-state index in [2.05, 4.69) is 54.5 Å². The third kappa shape index (κ3) is 6.74. The standard InChI is InChI=1S/C29H48O2.C5H10O2.CH4O/c1-26(2,3)17-9-8-10-19-11-12-21-23-14-13-20-22(15-16-24(30)27(20,4)5)29(23,7)25(31)18-28(19,21)6;6-5-2-1-3-7-4-5;1-2/h13,19,21-24,30H,8-12,14-18H2,1-7H3;5-6H,1-4H2;2H,1H3. The molecule has 4 fully saturated rings. The topological polar surface area (TPSA) is 87.0 Å². The van der Waals surface area contributed by atoms with Gasteiger partial charge in [0.15, 0.2) is 0 Å². The molecule has 5 rings (SSSR count). The Morgan fingerprint density at radius 1 is 0.950 bits per heavy atom. The van der Waals surface area contributed by atoms with Gasteiger partial charge in [0.05, 0.1) is 18.8 Å². The summed E-state index contributed by atoms with van der Waals surface area (Å²) in [7, 11) is 1.00. The van der Waals surface area contributed by atoms with Crippen LogP contribution < -0.4 is 0 Å². The van der Waals surface area contributed by atoms with Crippen molar-refractivity contribution >= 4 is 5.78 Å². The number of ketones is 1. The largest absolute Gasteiger partial charge is 0.400 e. The van der Waals surface area contributed by atoms with Crippen LogP contribution in [0.2, 0.25) is 0 Å². The van der Waals surface area contributed by atoms with E-state index in [9.17, 15) is 9.90 Å². The lowest BCUT2D eigenvalue weighted by molar-refractivity contribution is -0.155. The average Bonchev–Trinajstić information content (AvgIpc) is 3.21. The molecule has 5 aliphatic rings. The Labute approximate surface area is 245 Å². The zero-order valence-corrected chi connectivity index (χ0v) is 27.1. The number of unbranched alkanes of at least 4 members (excludes halogenated alkanes) is 1. The molecule has 8 atom stereocenters. The number of aliphatic hydroxyl groups is 3. The van der Waals surface area contributed by atoms with Gasteiger partial charge in [-0.1, -0.05) is 73.0 Å². The summed E-state index contributed by atoms with van der Waals surface area (Å²) < 4.78 is 4.93. The summed E-state index contributed by atoms with van der Waals surface area (Å²) in [6.07, 6.45) is 15.5. The number of aliphatic hydroxyl groups excluding tert-OH is 3. The number of hydrogen-bond donors (Lipinski definition) is 3. The minimum absolute atomic E-state index is 0.186. The second-order valence-corrected chi connectivity index (χ2v) is 15.8. The molecular weight excluding hydrogens is 500 g/mol. The number of carbonyl (C=O) groups excluding carboxylic acids is 1. The van der Waals surface area contributed by atoms with Crippen LogP contribution in [0.1, 0.15) is 126 Å². The number of rotatable bonds is 4. The Balaban J connectivity index is 0.000000422. The summed E-state index contributed by atoms with van der Waals surface area (Å²) in [5.41, 5.74) is 1.62. The normalized spacial score (nSPS) is 40.3. The lowest BCUT2D eigenvalue weighted by Gasteiger charge is -2.60. The fourth-order valence-electron chi connectivity index (χ4n) is 9.31. The van der Waals surface area contributed by atoms with Crippen molar-refractivity contribution in [3.05, 3.63) is 11.6 Å². The first-order valence-electron chi connectivity index (χ1n) is 16.3. The molecule has 0 radical (unpaired) electrons. The zero-order valence-electron chi connectivity index (χ0n) is 27.1. The Bertz CT molecular complexity index is 865. The molecular formula is C35H62O5. The lowest BCUT2D eigenvalue weighted by Crippen LogP contribution is -2.59. The van der Waals surface area contributed by atoms with Gasteiger partial charge < -0.3 is 20.1 Å². The first-order chi connectivity index (χ1) is 18.7. The molecule has 0 aromatic rings. The molecule has 0 aromatic heterocycles. The van der Waals surface area contributed by atoms with Crippen molar-refractivity contribution in [1.29, 1.82) is 0 Å². The van der Waals surface area contributed by atoms with E-state index in [0.29, 0.717) is 35.6 Å². The molecule has 0 bridgehead atoms. The highest BCUT2D eigenvalue weighted by molar-refractivity contribution is 5.88. The highest BCUT2D eigenvalue weighted by Gasteiger charge is 2.65. The van der Waals surface area contributed by atoms with Gasteiger partial charge in [-0.05, 0) is 92.3 Å². The van der Waals surface area contributed by atoms with Gasteiger partial charge in [0.1, 0.15) is 5.78 Å². The summed E-state index contributed by atoms with van der Waals surface area (Å²) >= 11 is 0. The fourth-order valence-corrected chi connectivity index (χ4v) is 9.31. The smallest absolute Gasteiger partial charge is 0.140 e. The van der Waals surface area contributed by atoms with Crippen molar-refractivity contribution in [2.24, 2.45) is 45.3 Å². The van der Waals surface area contributed by atoms with Crippen LogP contribution in [0.15, 0.2) is 11.6 Å². The summed E-state index contributed by atoms with van der Waals surface area (Å²) in [4.78, 5) is 14.0. The van der Waals surface area contributed by atoms with Crippen LogP contribution in [-0.4, -0.2) is 53.6 Å². The monoisotopic (exact) mass is 562 g/mol. The lowest BCUT2D eigenvalue weighted by atomic mass is 9.43. The Morgan fingerprint density at radius 3 is 2.23 bits per heavy atom. The van der Waals surface area contributed by atoms with Crippen LogP contribution in [0.5, 0.6) is 0 Å². The van der Waals surface area contributed by atoms with Crippen LogP contribution in [0, 0.1) is 45.3 Å². The minimum Gasteiger partial charge on any atom is -0.400 e. The number of carbonyl (C=O) groups is 1. The molecule has 5 nitrogen and oxygen atoms in total. The van der Waals surface area contributed by atoms with E-state index in [4.69, 9.17) is 14.9 Å². The molecule has 1 saturated heterocycles. The van der Waals surface area contributed by atoms with Crippen LogP contribution >= 0.6 is 0 Å². The second kappa shape index (κ2) is 13.3. The molecule has 0 spiro atoms. The van der Waals surface area contributed by atoms with Crippen LogP contribution in [0.3, 0.4) is 0 Å². The van der Waals surface area contributed by atoms with Gasteiger partial charge in [-0.15, -0.1) is 0 Å². The Kier molecular flexibility index (Phi) is 11.2. The number of hydrogen-bond acceptors (Lipinski definition) is 5. The minimum atomic E-state index is -0.275. The molecule has 1 aliphatic heterocycles. The van der Waals surface area contributed by atoms with Crippen LogP contribution in [-0.2, 0) is 9.53 Å². The summed E-state index contributed by atoms with van der Waals surface area (Å²) in [6, 6.07) is 0. The number of Topliss-reactive ketones (excluding diaryl/α,β-unsaturated/α-hetero) is 1. The van der Waals surface area contributed by atoms with Gasteiger partial charge >= 0.3 is 0 Å². The molecule has 3 N–H and O–H groups in total. The summed E-state index contributed by atoms with van der Waals surface area (Å²) in [5, 5.41) is 26.5. The third-order valence-corrected chi connectivity index (χ3v) is 11.9. The predicted octanol–water partition coefficient (Wildman–Crippen LogP) is 7.11. The average molecular weight is 563 g/mol. The highest BCUT2D eigenvalue weighted by Crippen LogP contribution is 2.68. The zero-order chi connectivity index (χ0) is 29.9. The highest BCUT2D eigenvalue weighted by atomic mass is 16.5. The van der Waals surface area contributed by atoms with Crippen LogP contribution in [0.4, 0.5) is 0 Å². The quantitative estimate of drug-likeness (QED) is 0.251. The van der Waals surface area contributed by atoms with Crippen molar-refractivity contribution in [2.45, 2.75) is 138 Å². The maximum atomic E-state index is 14.0. The van der Waals surface area contributed by atoms with Crippen molar-refractivity contribution in [3.63, 3.8) is 0 Å². The fraction of sp³-hybridized carbons (Fsp3) is 0.914. The van der Waals surface area contributed by atoms with Gasteiger partial charge in [0.25, 0.3) is 0 Å². The molecule has 232 valence electrons. The number of ether oxygens (including phenoxy) is 1. The first kappa shape index (κ1) is 33.7. The Morgan fingerprint density at radius 2 is 1.65 bits per heavy atom. The van der Waals surface area contributed by atoms with Gasteiger partial charge in [-0.2, -0.15) is 0 Å². The van der Waals surface area contributed by atoms with E-state index in [0.717, 1.165) is 58.2 Å². The predicted molar refractivity (Wildman–Crippen MR) is 163 cm³/mol. The van der Waals surface area contributed by atoms with Crippen LogP contribution in [0.25, 0.3) is 0 Å². The van der Waals surface area contributed by atoms with E-state index in [-0.39, 0.29) is 28.5 Å². The SMILES string of the molecule is CC(C)(C)CCCCC1CCC2C3CC=C4C(CCC(O)C4(C)C)C3(C)C(=O)CC12C.CO.OC1CCCOC1. The van der Waals surface area contributed by atoms with Gasteiger partial charge in [0, 0.05) is 31.0 Å². The molecule has 0 aromatic carbocycles. The second-order valence-electron chi connectivity index (χ2n) is 15.8. The third-order valence-electron chi connectivity index (χ3n) is 11.9. The van der Waals surface area contributed by atoms with Gasteiger partial charge in [-0.3, -0.25) is 4.79 Å². The number of allylic oxidation sites excluding steroid dienone is 1. The van der Waals surface area contributed by atoms with Gasteiger partial charge in [0.2, 0.25) is 0 Å². The van der Waals surface area contributed by atoms with E-state index in [1.165, 1.54) is 44.1 Å². The van der Waals surface area contributed by atoms with Crippen molar-refractivity contribution < 1.29 is 24.9 Å². The summed E-state index contributed by atoms with van der Waals surface area (Å²) in [6.45, 7) is 17.6.